The summed E-state index contributed by atoms with van der Waals surface area (Å²) in [6.07, 6.45) is -0.0719. The maximum Gasteiger partial charge on any atom is 0.336 e. The highest BCUT2D eigenvalue weighted by molar-refractivity contribution is 5.94. The second-order valence-electron chi connectivity index (χ2n) is 6.04. The normalized spacial score (nSPS) is 11.6. The van der Waals surface area contributed by atoms with Crippen molar-refractivity contribution in [1.29, 1.82) is 5.26 Å². The summed E-state index contributed by atoms with van der Waals surface area (Å²) in [6, 6.07) is 15.3. The molecule has 0 spiro atoms. The maximum absolute atomic E-state index is 12.3. The molecular formula is C21H18N2O4. The standard InChI is InChI=1S/C21H18N2O4/c1-3-15-10-20(24)27-19-11-17(7-8-18(15)19)26-13(2)21(25)23-16-6-4-5-14(9-16)12-22/h4-11,13H,3H2,1-2H3,(H,23,25)/t13-/m1/s1. The number of nitrogens with one attached hydrogen (secondary N) is 1. The van der Waals surface area contributed by atoms with Crippen molar-refractivity contribution in [2.45, 2.75) is 26.4 Å². The number of benzene rings is 2. The highest BCUT2D eigenvalue weighted by Crippen LogP contribution is 2.24. The smallest absolute Gasteiger partial charge is 0.336 e. The molecule has 136 valence electrons. The molecule has 0 bridgehead atoms. The van der Waals surface area contributed by atoms with E-state index in [0.29, 0.717) is 29.0 Å². The Morgan fingerprint density at radius 2 is 2.07 bits per heavy atom. The highest BCUT2D eigenvalue weighted by Gasteiger charge is 2.16. The molecule has 1 heterocycles. The summed E-state index contributed by atoms with van der Waals surface area (Å²) in [5, 5.41) is 12.5. The molecule has 2 aromatic carbocycles. The Bertz CT molecular complexity index is 1100. The van der Waals surface area contributed by atoms with Crippen LogP contribution < -0.4 is 15.7 Å². The number of nitriles is 1. The van der Waals surface area contributed by atoms with E-state index in [2.05, 4.69) is 5.32 Å². The Labute approximate surface area is 156 Å². The fourth-order valence-electron chi connectivity index (χ4n) is 2.74. The fraction of sp³-hybridized carbons (Fsp3) is 0.190. The summed E-state index contributed by atoms with van der Waals surface area (Å²) in [5.74, 6) is 0.0706. The lowest BCUT2D eigenvalue weighted by atomic mass is 10.1. The van der Waals surface area contributed by atoms with Gasteiger partial charge in [-0.05, 0) is 49.2 Å². The number of carbonyl (C=O) groups excluding carboxylic acids is 1. The quantitative estimate of drug-likeness (QED) is 0.700. The van der Waals surface area contributed by atoms with E-state index in [1.165, 1.54) is 6.07 Å². The van der Waals surface area contributed by atoms with Crippen LogP contribution in [0, 0.1) is 11.3 Å². The van der Waals surface area contributed by atoms with Gasteiger partial charge in [-0.15, -0.1) is 0 Å². The molecule has 27 heavy (non-hydrogen) atoms. The van der Waals surface area contributed by atoms with Crippen LogP contribution in [0.2, 0.25) is 0 Å². The maximum atomic E-state index is 12.3. The van der Waals surface area contributed by atoms with E-state index in [4.69, 9.17) is 14.4 Å². The summed E-state index contributed by atoms with van der Waals surface area (Å²) >= 11 is 0. The van der Waals surface area contributed by atoms with E-state index in [9.17, 15) is 9.59 Å². The van der Waals surface area contributed by atoms with Gasteiger partial charge in [-0.25, -0.2) is 4.79 Å². The molecule has 1 N–H and O–H groups in total. The fourth-order valence-corrected chi connectivity index (χ4v) is 2.74. The van der Waals surface area contributed by atoms with Gasteiger partial charge in [0.1, 0.15) is 11.3 Å². The number of anilines is 1. The average Bonchev–Trinajstić information content (AvgIpc) is 2.67. The van der Waals surface area contributed by atoms with Crippen LogP contribution in [0.1, 0.15) is 25.0 Å². The molecule has 0 unspecified atom stereocenters. The third kappa shape index (κ3) is 4.15. The molecule has 0 aliphatic carbocycles. The van der Waals surface area contributed by atoms with Crippen LogP contribution in [-0.2, 0) is 11.2 Å². The van der Waals surface area contributed by atoms with Crippen molar-refractivity contribution in [2.75, 3.05) is 5.32 Å². The topological polar surface area (TPSA) is 92.3 Å². The molecule has 3 rings (SSSR count). The molecule has 0 saturated heterocycles. The van der Waals surface area contributed by atoms with Gasteiger partial charge in [-0.2, -0.15) is 5.26 Å². The lowest BCUT2D eigenvalue weighted by Gasteiger charge is -2.15. The van der Waals surface area contributed by atoms with Gasteiger partial charge >= 0.3 is 5.63 Å². The molecule has 1 amide bonds. The van der Waals surface area contributed by atoms with E-state index in [0.717, 1.165) is 10.9 Å². The molecular weight excluding hydrogens is 344 g/mol. The molecule has 3 aromatic rings. The number of hydrogen-bond donors (Lipinski definition) is 1. The van der Waals surface area contributed by atoms with Gasteiger partial charge in [-0.1, -0.05) is 13.0 Å². The third-order valence-electron chi connectivity index (χ3n) is 4.12. The number of ether oxygens (including phenoxy) is 1. The lowest BCUT2D eigenvalue weighted by Crippen LogP contribution is -2.30. The molecule has 0 saturated carbocycles. The molecule has 1 aromatic heterocycles. The predicted molar refractivity (Wildman–Crippen MR) is 102 cm³/mol. The Balaban J connectivity index is 1.76. The third-order valence-corrected chi connectivity index (χ3v) is 4.12. The van der Waals surface area contributed by atoms with Gasteiger partial charge < -0.3 is 14.5 Å². The minimum absolute atomic E-state index is 0.353. The molecule has 0 radical (unpaired) electrons. The van der Waals surface area contributed by atoms with Crippen LogP contribution in [0.4, 0.5) is 5.69 Å². The number of rotatable bonds is 5. The number of hydrogen-bond acceptors (Lipinski definition) is 5. The summed E-state index contributed by atoms with van der Waals surface area (Å²) in [7, 11) is 0. The molecule has 6 heteroatoms. The van der Waals surface area contributed by atoms with Crippen LogP contribution in [0.5, 0.6) is 5.75 Å². The molecule has 1 atom stereocenters. The van der Waals surface area contributed by atoms with Crippen molar-refractivity contribution in [2.24, 2.45) is 0 Å². The molecule has 0 fully saturated rings. The SMILES string of the molecule is CCc1cc(=O)oc2cc(O[C@H](C)C(=O)Nc3cccc(C#N)c3)ccc12. The van der Waals surface area contributed by atoms with E-state index in [1.54, 1.807) is 43.3 Å². The zero-order valence-corrected chi connectivity index (χ0v) is 15.0. The van der Waals surface area contributed by atoms with Crippen molar-refractivity contribution >= 4 is 22.6 Å². The van der Waals surface area contributed by atoms with E-state index >= 15 is 0 Å². The van der Waals surface area contributed by atoms with Gasteiger partial charge in [0.25, 0.3) is 5.91 Å². The van der Waals surface area contributed by atoms with Gasteiger partial charge in [-0.3, -0.25) is 4.79 Å². The van der Waals surface area contributed by atoms with Crippen LogP contribution in [0.15, 0.2) is 57.7 Å². The summed E-state index contributed by atoms with van der Waals surface area (Å²) < 4.78 is 10.9. The first-order valence-electron chi connectivity index (χ1n) is 8.54. The van der Waals surface area contributed by atoms with Crippen molar-refractivity contribution in [3.05, 3.63) is 70.1 Å². The largest absolute Gasteiger partial charge is 0.481 e. The monoisotopic (exact) mass is 362 g/mol. The van der Waals surface area contributed by atoms with Crippen molar-refractivity contribution < 1.29 is 13.9 Å². The minimum Gasteiger partial charge on any atom is -0.481 e. The zero-order valence-electron chi connectivity index (χ0n) is 15.0. The Hall–Kier alpha value is -3.59. The number of aryl methyl sites for hydroxylation is 1. The number of amides is 1. The number of nitrogens with zero attached hydrogens (tertiary/aromatic N) is 1. The Morgan fingerprint density at radius 3 is 2.81 bits per heavy atom. The summed E-state index contributed by atoms with van der Waals surface area (Å²) in [5.41, 5.74) is 1.88. The first-order valence-corrected chi connectivity index (χ1v) is 8.54. The summed E-state index contributed by atoms with van der Waals surface area (Å²) in [4.78, 5) is 24.0. The average molecular weight is 362 g/mol. The van der Waals surface area contributed by atoms with Gasteiger partial charge in [0.15, 0.2) is 6.10 Å². The second-order valence-corrected chi connectivity index (χ2v) is 6.04. The van der Waals surface area contributed by atoms with Gasteiger partial charge in [0.05, 0.1) is 11.6 Å². The number of fused-ring (bicyclic) bond motifs is 1. The van der Waals surface area contributed by atoms with Crippen molar-refractivity contribution in [3.63, 3.8) is 0 Å². The first kappa shape index (κ1) is 18.2. The first-order chi connectivity index (χ1) is 13.0. The van der Waals surface area contributed by atoms with Gasteiger partial charge in [0.2, 0.25) is 0 Å². The Morgan fingerprint density at radius 1 is 1.26 bits per heavy atom. The van der Waals surface area contributed by atoms with Crippen LogP contribution in [0.25, 0.3) is 11.0 Å². The van der Waals surface area contributed by atoms with Crippen LogP contribution >= 0.6 is 0 Å². The van der Waals surface area contributed by atoms with E-state index in [1.807, 2.05) is 19.1 Å². The minimum atomic E-state index is -0.783. The van der Waals surface area contributed by atoms with Crippen LogP contribution in [0.3, 0.4) is 0 Å². The molecule has 6 nitrogen and oxygen atoms in total. The van der Waals surface area contributed by atoms with E-state index < -0.39 is 11.7 Å². The van der Waals surface area contributed by atoms with Gasteiger partial charge in [0, 0.05) is 23.2 Å². The predicted octanol–water partition coefficient (Wildman–Crippen LogP) is 3.63. The van der Waals surface area contributed by atoms with E-state index in [-0.39, 0.29) is 5.91 Å². The van der Waals surface area contributed by atoms with Crippen LogP contribution in [-0.4, -0.2) is 12.0 Å². The Kier molecular flexibility index (Phi) is 5.23. The number of carbonyl (C=O) groups is 1. The lowest BCUT2D eigenvalue weighted by molar-refractivity contribution is -0.122. The second kappa shape index (κ2) is 7.75. The summed E-state index contributed by atoms with van der Waals surface area (Å²) in [6.45, 7) is 3.58. The van der Waals surface area contributed by atoms with Crippen molar-refractivity contribution in [3.8, 4) is 11.8 Å². The molecule has 0 aliphatic heterocycles. The highest BCUT2D eigenvalue weighted by atomic mass is 16.5. The zero-order chi connectivity index (χ0) is 19.4. The molecule has 0 aliphatic rings. The van der Waals surface area contributed by atoms with Crippen molar-refractivity contribution in [1.82, 2.24) is 0 Å².